The Morgan fingerprint density at radius 2 is 1.87 bits per heavy atom. The molecule has 1 aliphatic heterocycles. The molecule has 8 heteroatoms. The van der Waals surface area contributed by atoms with E-state index in [0.717, 1.165) is 4.90 Å². The number of nitrogens with zero attached hydrogens (tertiary/aromatic N) is 2. The highest BCUT2D eigenvalue weighted by Gasteiger charge is 2.47. The molecule has 0 spiro atoms. The van der Waals surface area contributed by atoms with E-state index in [2.05, 4.69) is 5.16 Å². The second-order valence-corrected chi connectivity index (χ2v) is 7.13. The number of Topliss-reactive ketones (excluding diaryl/α,β-unsaturated/α-hetero) is 1. The standard InChI is InChI=1S/C23H15FN2O5/c1-12-10-18(25-31-12)26-20(14-7-3-4-8-15(14)24)19(22(28)23(26)29)21(27)17-11-13-6-2-5-9-16(13)30-17/h2-11,20,28H,1H3/t20-/m0/s1. The van der Waals surface area contributed by atoms with E-state index in [1.165, 1.54) is 30.3 Å². The number of para-hydroxylation sites is 1. The number of amides is 1. The molecular weight excluding hydrogens is 403 g/mol. The molecule has 0 saturated carbocycles. The van der Waals surface area contributed by atoms with Gasteiger partial charge in [-0.1, -0.05) is 41.6 Å². The number of benzene rings is 2. The molecule has 4 aromatic rings. The number of carbonyl (C=O) groups is 2. The van der Waals surface area contributed by atoms with E-state index in [-0.39, 0.29) is 22.7 Å². The summed E-state index contributed by atoms with van der Waals surface area (Å²) in [6.45, 7) is 1.63. The quantitative estimate of drug-likeness (QED) is 0.485. The first-order valence-electron chi connectivity index (χ1n) is 9.43. The first-order valence-corrected chi connectivity index (χ1v) is 9.43. The Balaban J connectivity index is 1.68. The summed E-state index contributed by atoms with van der Waals surface area (Å²) in [7, 11) is 0. The van der Waals surface area contributed by atoms with Gasteiger partial charge < -0.3 is 14.0 Å². The molecule has 7 nitrogen and oxygen atoms in total. The minimum atomic E-state index is -1.25. The highest BCUT2D eigenvalue weighted by Crippen LogP contribution is 2.42. The van der Waals surface area contributed by atoms with Crippen molar-refractivity contribution >= 4 is 28.5 Å². The minimum absolute atomic E-state index is 0.0278. The topological polar surface area (TPSA) is 96.8 Å². The van der Waals surface area contributed by atoms with Crippen LogP contribution in [-0.4, -0.2) is 22.0 Å². The third-order valence-electron chi connectivity index (χ3n) is 5.16. The molecule has 5 rings (SSSR count). The number of ketones is 1. The highest BCUT2D eigenvalue weighted by molar-refractivity contribution is 6.20. The minimum Gasteiger partial charge on any atom is -0.503 e. The van der Waals surface area contributed by atoms with E-state index >= 15 is 0 Å². The Morgan fingerprint density at radius 1 is 1.13 bits per heavy atom. The van der Waals surface area contributed by atoms with Crippen LogP contribution >= 0.6 is 0 Å². The number of halogens is 1. The first kappa shape index (κ1) is 18.8. The predicted octanol–water partition coefficient (Wildman–Crippen LogP) is 4.65. The molecule has 1 N–H and O–H groups in total. The average Bonchev–Trinajstić information content (AvgIpc) is 3.45. The van der Waals surface area contributed by atoms with Crippen LogP contribution in [0.1, 0.15) is 27.9 Å². The zero-order valence-electron chi connectivity index (χ0n) is 16.2. The van der Waals surface area contributed by atoms with Gasteiger partial charge in [-0.05, 0) is 25.1 Å². The molecule has 1 aliphatic rings. The van der Waals surface area contributed by atoms with E-state index in [1.807, 2.05) is 0 Å². The molecule has 0 fully saturated rings. The summed E-state index contributed by atoms with van der Waals surface area (Å²) in [4.78, 5) is 27.4. The van der Waals surface area contributed by atoms with Crippen molar-refractivity contribution in [2.45, 2.75) is 13.0 Å². The number of aryl methyl sites for hydroxylation is 1. The number of furan rings is 1. The lowest BCUT2D eigenvalue weighted by atomic mass is 9.94. The lowest BCUT2D eigenvalue weighted by Gasteiger charge is -2.24. The van der Waals surface area contributed by atoms with Crippen LogP contribution < -0.4 is 4.90 Å². The van der Waals surface area contributed by atoms with Gasteiger partial charge in [0.25, 0.3) is 5.91 Å². The van der Waals surface area contributed by atoms with Crippen molar-refractivity contribution in [2.24, 2.45) is 0 Å². The largest absolute Gasteiger partial charge is 0.503 e. The van der Waals surface area contributed by atoms with Crippen molar-refractivity contribution in [1.82, 2.24) is 5.16 Å². The van der Waals surface area contributed by atoms with Gasteiger partial charge in [-0.3, -0.25) is 14.5 Å². The van der Waals surface area contributed by atoms with Crippen LogP contribution in [0.15, 0.2) is 80.9 Å². The molecule has 2 aromatic heterocycles. The van der Waals surface area contributed by atoms with Crippen LogP contribution in [0.4, 0.5) is 10.2 Å². The number of hydrogen-bond donors (Lipinski definition) is 1. The fraction of sp³-hybridized carbons (Fsp3) is 0.0870. The van der Waals surface area contributed by atoms with Crippen LogP contribution in [-0.2, 0) is 4.79 Å². The molecule has 3 heterocycles. The van der Waals surface area contributed by atoms with Crippen LogP contribution in [0.3, 0.4) is 0 Å². The Bertz CT molecular complexity index is 1350. The van der Waals surface area contributed by atoms with Crippen LogP contribution in [0.5, 0.6) is 0 Å². The van der Waals surface area contributed by atoms with E-state index < -0.39 is 29.3 Å². The zero-order chi connectivity index (χ0) is 21.7. The number of anilines is 1. The second-order valence-electron chi connectivity index (χ2n) is 7.13. The summed E-state index contributed by atoms with van der Waals surface area (Å²) in [5.74, 6) is -2.66. The molecular formula is C23H15FN2O5. The van der Waals surface area contributed by atoms with E-state index in [4.69, 9.17) is 8.94 Å². The smallest absolute Gasteiger partial charge is 0.295 e. The lowest BCUT2D eigenvalue weighted by Crippen LogP contribution is -2.31. The van der Waals surface area contributed by atoms with Gasteiger partial charge in [0.1, 0.15) is 17.2 Å². The molecule has 154 valence electrons. The van der Waals surface area contributed by atoms with Gasteiger partial charge in [0.05, 0.1) is 11.6 Å². The van der Waals surface area contributed by atoms with Crippen LogP contribution in [0.25, 0.3) is 11.0 Å². The number of fused-ring (bicyclic) bond motifs is 1. The van der Waals surface area contributed by atoms with Gasteiger partial charge >= 0.3 is 0 Å². The van der Waals surface area contributed by atoms with Crippen molar-refractivity contribution in [3.63, 3.8) is 0 Å². The van der Waals surface area contributed by atoms with Gasteiger partial charge in [0, 0.05) is 17.0 Å². The van der Waals surface area contributed by atoms with Gasteiger partial charge in [-0.25, -0.2) is 4.39 Å². The average molecular weight is 418 g/mol. The van der Waals surface area contributed by atoms with E-state index in [0.29, 0.717) is 16.7 Å². The monoisotopic (exact) mass is 418 g/mol. The molecule has 0 saturated heterocycles. The fourth-order valence-corrected chi connectivity index (χ4v) is 3.76. The number of aliphatic hydroxyl groups excluding tert-OH is 1. The molecule has 0 bridgehead atoms. The third-order valence-corrected chi connectivity index (χ3v) is 5.16. The summed E-state index contributed by atoms with van der Waals surface area (Å²) in [6.07, 6.45) is 0. The van der Waals surface area contributed by atoms with E-state index in [1.54, 1.807) is 37.3 Å². The van der Waals surface area contributed by atoms with Gasteiger partial charge in [-0.2, -0.15) is 0 Å². The second kappa shape index (κ2) is 6.94. The Kier molecular flexibility index (Phi) is 4.21. The number of hydrogen-bond acceptors (Lipinski definition) is 6. The lowest BCUT2D eigenvalue weighted by molar-refractivity contribution is -0.117. The summed E-state index contributed by atoms with van der Waals surface area (Å²) >= 11 is 0. The van der Waals surface area contributed by atoms with Crippen molar-refractivity contribution < 1.29 is 28.0 Å². The number of aliphatic hydroxyl groups is 1. The summed E-state index contributed by atoms with van der Waals surface area (Å²) in [5, 5.41) is 15.2. The van der Waals surface area contributed by atoms with Crippen LogP contribution in [0.2, 0.25) is 0 Å². The number of rotatable bonds is 4. The summed E-state index contributed by atoms with van der Waals surface area (Å²) in [5.41, 5.74) is 0.205. The first-order chi connectivity index (χ1) is 15.0. The number of aromatic nitrogens is 1. The van der Waals surface area contributed by atoms with Crippen molar-refractivity contribution in [2.75, 3.05) is 4.90 Å². The Hall–Kier alpha value is -4.20. The normalized spacial score (nSPS) is 16.5. The van der Waals surface area contributed by atoms with E-state index in [9.17, 15) is 19.1 Å². The molecule has 0 radical (unpaired) electrons. The maximum absolute atomic E-state index is 14.8. The maximum Gasteiger partial charge on any atom is 0.295 e. The van der Waals surface area contributed by atoms with Gasteiger partial charge in [-0.15, -0.1) is 0 Å². The van der Waals surface area contributed by atoms with Gasteiger partial charge in [0.15, 0.2) is 17.3 Å². The van der Waals surface area contributed by atoms with Crippen molar-refractivity contribution in [3.05, 3.63) is 94.9 Å². The molecule has 0 aliphatic carbocycles. The fourth-order valence-electron chi connectivity index (χ4n) is 3.76. The Morgan fingerprint density at radius 3 is 2.58 bits per heavy atom. The molecule has 0 unspecified atom stereocenters. The summed E-state index contributed by atoms with van der Waals surface area (Å²) < 4.78 is 25.5. The molecule has 1 atom stereocenters. The van der Waals surface area contributed by atoms with Gasteiger partial charge in [0.2, 0.25) is 5.78 Å². The maximum atomic E-state index is 14.8. The third kappa shape index (κ3) is 2.92. The zero-order valence-corrected chi connectivity index (χ0v) is 16.2. The van der Waals surface area contributed by atoms with Crippen LogP contribution in [0, 0.1) is 12.7 Å². The molecule has 1 amide bonds. The number of carbonyl (C=O) groups excluding carboxylic acids is 2. The Labute approximate surface area is 175 Å². The predicted molar refractivity (Wildman–Crippen MR) is 108 cm³/mol. The SMILES string of the molecule is Cc1cc(N2C(=O)C(O)=C(C(=O)c3cc4ccccc4o3)[C@@H]2c2ccccc2F)no1. The molecule has 31 heavy (non-hydrogen) atoms. The van der Waals surface area contributed by atoms with Crippen molar-refractivity contribution in [3.8, 4) is 0 Å². The highest BCUT2D eigenvalue weighted by atomic mass is 19.1. The molecule has 2 aromatic carbocycles. The van der Waals surface area contributed by atoms with Crippen molar-refractivity contribution in [1.29, 1.82) is 0 Å². The summed E-state index contributed by atoms with van der Waals surface area (Å²) in [6, 6.07) is 14.5.